The van der Waals surface area contributed by atoms with E-state index in [1.54, 1.807) is 0 Å². The smallest absolute Gasteiger partial charge is 0.243 e. The molecule has 0 radical (unpaired) electrons. The van der Waals surface area contributed by atoms with Gasteiger partial charge in [0.15, 0.2) is 0 Å². The van der Waals surface area contributed by atoms with Gasteiger partial charge in [-0.05, 0) is 31.0 Å². The van der Waals surface area contributed by atoms with Crippen molar-refractivity contribution < 1.29 is 4.74 Å². The average molecular weight is 357 g/mol. The Morgan fingerprint density at radius 1 is 1.40 bits per heavy atom. The summed E-state index contributed by atoms with van der Waals surface area (Å²) in [5.41, 5.74) is 1.01. The van der Waals surface area contributed by atoms with Crippen molar-refractivity contribution in [1.82, 2.24) is 9.97 Å². The summed E-state index contributed by atoms with van der Waals surface area (Å²) < 4.78 is 6.73. The molecule has 0 amide bonds. The van der Waals surface area contributed by atoms with Crippen LogP contribution in [-0.2, 0) is 0 Å². The molecule has 0 fully saturated rings. The van der Waals surface area contributed by atoms with Gasteiger partial charge >= 0.3 is 0 Å². The van der Waals surface area contributed by atoms with Gasteiger partial charge in [-0.2, -0.15) is 4.98 Å². The lowest BCUT2D eigenvalue weighted by Crippen LogP contribution is -2.05. The average Bonchev–Trinajstić information content (AvgIpc) is 2.43. The van der Waals surface area contributed by atoms with Crippen LogP contribution in [0.3, 0.4) is 0 Å². The van der Waals surface area contributed by atoms with Crippen molar-refractivity contribution in [2.75, 3.05) is 11.9 Å². The van der Waals surface area contributed by atoms with Gasteiger partial charge in [0.2, 0.25) is 11.8 Å². The summed E-state index contributed by atoms with van der Waals surface area (Å²) in [5.74, 6) is 1.57. The highest BCUT2D eigenvalue weighted by atomic mass is 79.9. The van der Waals surface area contributed by atoms with Crippen LogP contribution in [0.2, 0.25) is 5.02 Å². The van der Waals surface area contributed by atoms with Gasteiger partial charge in [-0.1, -0.05) is 40.5 Å². The molecule has 1 heterocycles. The molecule has 1 aromatic heterocycles. The fourth-order valence-corrected chi connectivity index (χ4v) is 2.00. The van der Waals surface area contributed by atoms with Crippen LogP contribution >= 0.6 is 27.5 Å². The first-order valence-electron chi connectivity index (χ1n) is 6.30. The number of hydrogen-bond acceptors (Lipinski definition) is 4. The lowest BCUT2D eigenvalue weighted by molar-refractivity contribution is 0.459. The third-order valence-corrected chi connectivity index (χ3v) is 3.35. The molecule has 0 bridgehead atoms. The van der Waals surface area contributed by atoms with Gasteiger partial charge in [-0.15, -0.1) is 0 Å². The fourth-order valence-electron chi connectivity index (χ4n) is 1.53. The Balaban J connectivity index is 2.25. The van der Waals surface area contributed by atoms with Crippen molar-refractivity contribution in [3.63, 3.8) is 0 Å². The van der Waals surface area contributed by atoms with E-state index in [2.05, 4.69) is 38.1 Å². The third-order valence-electron chi connectivity index (χ3n) is 2.60. The summed E-state index contributed by atoms with van der Waals surface area (Å²) in [5, 5.41) is 3.48. The molecule has 20 heavy (non-hydrogen) atoms. The number of aryl methyl sites for hydroxylation is 1. The van der Waals surface area contributed by atoms with Crippen molar-refractivity contribution in [3.05, 3.63) is 39.5 Å². The number of halogens is 2. The predicted molar refractivity (Wildman–Crippen MR) is 84.8 cm³/mol. The molecular formula is C14H15BrClN3O. The monoisotopic (exact) mass is 355 g/mol. The van der Waals surface area contributed by atoms with Gasteiger partial charge in [0, 0.05) is 11.0 Å². The molecule has 0 unspecified atom stereocenters. The maximum atomic E-state index is 6.08. The number of ether oxygens (including phenoxy) is 1. The molecule has 6 heteroatoms. The van der Waals surface area contributed by atoms with Crippen LogP contribution in [0.15, 0.2) is 28.9 Å². The molecule has 0 aliphatic heterocycles. The summed E-state index contributed by atoms with van der Waals surface area (Å²) >= 11 is 9.50. The van der Waals surface area contributed by atoms with E-state index >= 15 is 0 Å². The van der Waals surface area contributed by atoms with Crippen LogP contribution in [0, 0.1) is 6.92 Å². The Morgan fingerprint density at radius 2 is 2.20 bits per heavy atom. The molecular weight excluding hydrogens is 342 g/mol. The van der Waals surface area contributed by atoms with Crippen molar-refractivity contribution in [2.24, 2.45) is 0 Å². The quantitative estimate of drug-likeness (QED) is 0.834. The minimum Gasteiger partial charge on any atom is -0.437 e. The Labute approximate surface area is 131 Å². The fraction of sp³-hybridized carbons (Fsp3) is 0.286. The minimum atomic E-state index is 0.349. The standard InChI is InChI=1S/C14H15BrClN3O/c1-3-6-17-14-18-8-11(16)13(19-14)20-12-7-10(15)5-4-9(12)2/h4-5,7-8H,3,6H2,1-2H3,(H,17,18,19). The van der Waals surface area contributed by atoms with Gasteiger partial charge in [0.1, 0.15) is 10.8 Å². The highest BCUT2D eigenvalue weighted by Gasteiger charge is 2.10. The van der Waals surface area contributed by atoms with E-state index in [0.717, 1.165) is 23.0 Å². The second-order valence-electron chi connectivity index (χ2n) is 4.29. The Kier molecular flexibility index (Phi) is 5.20. The summed E-state index contributed by atoms with van der Waals surface area (Å²) in [6.07, 6.45) is 2.53. The van der Waals surface area contributed by atoms with E-state index in [-0.39, 0.29) is 0 Å². The van der Waals surface area contributed by atoms with E-state index in [4.69, 9.17) is 16.3 Å². The highest BCUT2D eigenvalue weighted by Crippen LogP contribution is 2.31. The van der Waals surface area contributed by atoms with Crippen LogP contribution in [-0.4, -0.2) is 16.5 Å². The molecule has 0 aliphatic carbocycles. The SMILES string of the molecule is CCCNc1ncc(Cl)c(Oc2cc(Br)ccc2C)n1. The van der Waals surface area contributed by atoms with E-state index < -0.39 is 0 Å². The first-order chi connectivity index (χ1) is 9.60. The first kappa shape index (κ1) is 15.1. The first-order valence-corrected chi connectivity index (χ1v) is 7.47. The summed E-state index contributed by atoms with van der Waals surface area (Å²) in [4.78, 5) is 8.40. The van der Waals surface area contributed by atoms with Gasteiger partial charge in [0.25, 0.3) is 0 Å². The van der Waals surface area contributed by atoms with Gasteiger partial charge in [-0.3, -0.25) is 0 Å². The minimum absolute atomic E-state index is 0.349. The largest absolute Gasteiger partial charge is 0.437 e. The van der Waals surface area contributed by atoms with E-state index in [0.29, 0.717) is 22.6 Å². The van der Waals surface area contributed by atoms with Crippen molar-refractivity contribution in [2.45, 2.75) is 20.3 Å². The molecule has 0 saturated carbocycles. The molecule has 0 atom stereocenters. The maximum absolute atomic E-state index is 6.08. The molecule has 1 N–H and O–H groups in total. The number of anilines is 1. The number of rotatable bonds is 5. The van der Waals surface area contributed by atoms with Crippen molar-refractivity contribution in [3.8, 4) is 11.6 Å². The Bertz CT molecular complexity index is 607. The molecule has 1 aromatic carbocycles. The molecule has 0 aliphatic rings. The Hall–Kier alpha value is -1.33. The molecule has 106 valence electrons. The molecule has 2 rings (SSSR count). The number of nitrogens with zero attached hydrogens (tertiary/aromatic N) is 2. The lowest BCUT2D eigenvalue weighted by Gasteiger charge is -2.11. The normalized spacial score (nSPS) is 10.4. The Morgan fingerprint density at radius 3 is 2.95 bits per heavy atom. The molecule has 2 aromatic rings. The number of nitrogens with one attached hydrogen (secondary N) is 1. The van der Waals surface area contributed by atoms with Crippen molar-refractivity contribution >= 4 is 33.5 Å². The van der Waals surface area contributed by atoms with Crippen LogP contribution < -0.4 is 10.1 Å². The van der Waals surface area contributed by atoms with Crippen LogP contribution in [0.25, 0.3) is 0 Å². The number of benzene rings is 1. The summed E-state index contributed by atoms with van der Waals surface area (Å²) in [7, 11) is 0. The van der Waals surface area contributed by atoms with Crippen LogP contribution in [0.1, 0.15) is 18.9 Å². The predicted octanol–water partition coefficient (Wildman–Crippen LogP) is 4.82. The topological polar surface area (TPSA) is 47.0 Å². The van der Waals surface area contributed by atoms with Gasteiger partial charge < -0.3 is 10.1 Å². The van der Waals surface area contributed by atoms with E-state index in [1.807, 2.05) is 25.1 Å². The van der Waals surface area contributed by atoms with Crippen molar-refractivity contribution in [1.29, 1.82) is 0 Å². The molecule has 4 nitrogen and oxygen atoms in total. The molecule has 0 saturated heterocycles. The van der Waals surface area contributed by atoms with E-state index in [1.165, 1.54) is 6.20 Å². The second kappa shape index (κ2) is 6.90. The van der Waals surface area contributed by atoms with E-state index in [9.17, 15) is 0 Å². The zero-order valence-electron chi connectivity index (χ0n) is 11.3. The zero-order chi connectivity index (χ0) is 14.5. The lowest BCUT2D eigenvalue weighted by atomic mass is 10.2. The zero-order valence-corrected chi connectivity index (χ0v) is 13.6. The van der Waals surface area contributed by atoms with Crippen LogP contribution in [0.5, 0.6) is 11.6 Å². The molecule has 0 spiro atoms. The highest BCUT2D eigenvalue weighted by molar-refractivity contribution is 9.10. The van der Waals surface area contributed by atoms with Gasteiger partial charge in [0.05, 0.1) is 6.20 Å². The summed E-state index contributed by atoms with van der Waals surface area (Å²) in [6.45, 7) is 4.84. The van der Waals surface area contributed by atoms with Gasteiger partial charge in [-0.25, -0.2) is 4.98 Å². The number of aromatic nitrogens is 2. The maximum Gasteiger partial charge on any atom is 0.243 e. The second-order valence-corrected chi connectivity index (χ2v) is 5.61. The summed E-state index contributed by atoms with van der Waals surface area (Å²) in [6, 6.07) is 5.80. The third kappa shape index (κ3) is 3.84. The number of hydrogen-bond donors (Lipinski definition) is 1. The van der Waals surface area contributed by atoms with Crippen LogP contribution in [0.4, 0.5) is 5.95 Å².